The topological polar surface area (TPSA) is 18.0 Å². The highest BCUT2D eigenvalue weighted by atomic mass is 15.2. The number of hydrogen-bond donors (Lipinski definition) is 0. The number of hydrogen-bond acceptors (Lipinski definition) is 1. The van der Waals surface area contributed by atoms with Gasteiger partial charge in [0.2, 0.25) is 0 Å². The van der Waals surface area contributed by atoms with Crippen LogP contribution in [0.3, 0.4) is 0 Å². The van der Waals surface area contributed by atoms with E-state index < -0.39 is 0 Å². The third kappa shape index (κ3) is 9.22. The molecular weight excluding hydrogens is 1140 g/mol. The van der Waals surface area contributed by atoms with E-state index >= 15 is 0 Å². The molecule has 0 atom stereocenters. The molecule has 3 heterocycles. The predicted molar refractivity (Wildman–Crippen MR) is 397 cm³/mol. The normalized spacial score (nSPS) is 11.6. The van der Waals surface area contributed by atoms with Crippen LogP contribution in [0.15, 0.2) is 364 Å². The van der Waals surface area contributed by atoms with Crippen molar-refractivity contribution in [3.8, 4) is 83.8 Å². The Balaban J connectivity index is 0.706. The number of rotatable bonds is 12. The molecule has 0 aliphatic heterocycles. The molecule has 18 aromatic rings. The second kappa shape index (κ2) is 22.8. The van der Waals surface area contributed by atoms with Crippen LogP contribution in [0.2, 0.25) is 0 Å². The van der Waals surface area contributed by atoms with Crippen LogP contribution in [0.1, 0.15) is 0 Å². The van der Waals surface area contributed by atoms with E-state index in [9.17, 15) is 0 Å². The largest absolute Gasteiger partial charge is 0.309 e. The van der Waals surface area contributed by atoms with Crippen LogP contribution in [0, 0.1) is 0 Å². The van der Waals surface area contributed by atoms with Crippen molar-refractivity contribution in [2.75, 3.05) is 4.90 Å². The molecule has 18 rings (SSSR count). The molecule has 0 aliphatic carbocycles. The van der Waals surface area contributed by atoms with Gasteiger partial charge in [-0.15, -0.1) is 0 Å². The van der Waals surface area contributed by atoms with Crippen LogP contribution in [-0.4, -0.2) is 13.7 Å². The first-order chi connectivity index (χ1) is 46.6. The van der Waals surface area contributed by atoms with Crippen LogP contribution in [-0.2, 0) is 0 Å². The zero-order chi connectivity index (χ0) is 62.1. The average molecular weight is 1200 g/mol. The fraction of sp³-hybridized carbons (Fsp3) is 0. The molecular formula is C90H60N4. The SMILES string of the molecule is c1ccc(N(c2ccccc2-c2ccc(-c3ccc(-n4c5ccccc5c5ccccc54)cc3)cc2)c2ccccc2-c2ccc(-c3ccc(-n4c5ccccc5c5ccccc54)cc3)cc2)c(-c2ccc(-c3ccc(-n4c5ccccc5c5ccccc54)cc3)cc2)c1. The fourth-order valence-corrected chi connectivity index (χ4v) is 14.7. The van der Waals surface area contributed by atoms with E-state index in [0.29, 0.717) is 0 Å². The second-order valence-electron chi connectivity index (χ2n) is 24.4. The van der Waals surface area contributed by atoms with E-state index in [-0.39, 0.29) is 0 Å². The van der Waals surface area contributed by atoms with Gasteiger partial charge < -0.3 is 18.6 Å². The molecule has 4 heteroatoms. The lowest BCUT2D eigenvalue weighted by Gasteiger charge is -2.31. The molecule has 0 N–H and O–H groups in total. The van der Waals surface area contributed by atoms with Gasteiger partial charge in [0.1, 0.15) is 0 Å². The molecule has 94 heavy (non-hydrogen) atoms. The molecule has 0 amide bonds. The number of para-hydroxylation sites is 9. The molecule has 3 aromatic heterocycles. The van der Waals surface area contributed by atoms with E-state index in [1.54, 1.807) is 0 Å². The molecule has 0 fully saturated rings. The van der Waals surface area contributed by atoms with Crippen LogP contribution in [0.25, 0.3) is 149 Å². The first kappa shape index (κ1) is 54.4. The van der Waals surface area contributed by atoms with Crippen LogP contribution in [0.5, 0.6) is 0 Å². The molecule has 0 aliphatic rings. The second-order valence-corrected chi connectivity index (χ2v) is 24.4. The first-order valence-electron chi connectivity index (χ1n) is 32.3. The van der Waals surface area contributed by atoms with Crippen LogP contribution >= 0.6 is 0 Å². The van der Waals surface area contributed by atoms with Gasteiger partial charge in [0.15, 0.2) is 0 Å². The van der Waals surface area contributed by atoms with Crippen molar-refractivity contribution in [3.05, 3.63) is 364 Å². The summed E-state index contributed by atoms with van der Waals surface area (Å²) in [6.45, 7) is 0. The summed E-state index contributed by atoms with van der Waals surface area (Å²) in [7, 11) is 0. The van der Waals surface area contributed by atoms with E-state index in [1.165, 1.54) is 82.1 Å². The number of benzene rings is 15. The molecule has 0 saturated carbocycles. The lowest BCUT2D eigenvalue weighted by molar-refractivity contribution is 1.18. The molecule has 0 bridgehead atoms. The highest BCUT2D eigenvalue weighted by molar-refractivity contribution is 6.11. The minimum Gasteiger partial charge on any atom is -0.309 e. The van der Waals surface area contributed by atoms with Gasteiger partial charge in [-0.1, -0.05) is 273 Å². The van der Waals surface area contributed by atoms with Crippen molar-refractivity contribution in [3.63, 3.8) is 0 Å². The molecule has 0 radical (unpaired) electrons. The maximum atomic E-state index is 2.49. The molecule has 15 aromatic carbocycles. The van der Waals surface area contributed by atoms with E-state index in [1.807, 2.05) is 0 Å². The number of aromatic nitrogens is 3. The van der Waals surface area contributed by atoms with E-state index in [2.05, 4.69) is 383 Å². The summed E-state index contributed by atoms with van der Waals surface area (Å²) < 4.78 is 7.13. The van der Waals surface area contributed by atoms with Gasteiger partial charge in [-0.05, 0) is 141 Å². The summed E-state index contributed by atoms with van der Waals surface area (Å²) in [6.07, 6.45) is 0. The number of fused-ring (bicyclic) bond motifs is 9. The van der Waals surface area contributed by atoms with Gasteiger partial charge in [-0.2, -0.15) is 0 Å². The Morgan fingerprint density at radius 2 is 0.319 bits per heavy atom. The van der Waals surface area contributed by atoms with E-state index in [0.717, 1.165) is 84.2 Å². The van der Waals surface area contributed by atoms with Crippen molar-refractivity contribution in [1.82, 2.24) is 13.7 Å². The van der Waals surface area contributed by atoms with Crippen molar-refractivity contribution >= 4 is 82.5 Å². The quantitative estimate of drug-likeness (QED) is 0.119. The summed E-state index contributed by atoms with van der Waals surface area (Å²) in [5.74, 6) is 0. The third-order valence-electron chi connectivity index (χ3n) is 19.1. The zero-order valence-corrected chi connectivity index (χ0v) is 51.4. The molecule has 440 valence electrons. The Morgan fingerprint density at radius 3 is 0.543 bits per heavy atom. The Labute approximate surface area is 545 Å². The molecule has 0 unspecified atom stereocenters. The van der Waals surface area contributed by atoms with Crippen molar-refractivity contribution < 1.29 is 0 Å². The van der Waals surface area contributed by atoms with Gasteiger partial charge in [0, 0.05) is 66.1 Å². The lowest BCUT2D eigenvalue weighted by atomic mass is 9.94. The molecule has 4 nitrogen and oxygen atoms in total. The van der Waals surface area contributed by atoms with Crippen molar-refractivity contribution in [2.24, 2.45) is 0 Å². The Kier molecular flexibility index (Phi) is 13.2. The van der Waals surface area contributed by atoms with Crippen LogP contribution < -0.4 is 4.90 Å². The summed E-state index contributed by atoms with van der Waals surface area (Å²) in [5.41, 5.74) is 27.6. The lowest BCUT2D eigenvalue weighted by Crippen LogP contribution is -2.13. The number of nitrogens with zero attached hydrogens (tertiary/aromatic N) is 4. The molecule has 0 spiro atoms. The highest BCUT2D eigenvalue weighted by Crippen LogP contribution is 2.49. The summed E-state index contributed by atoms with van der Waals surface area (Å²) in [6, 6.07) is 133. The average Bonchev–Trinajstić information content (AvgIpc) is 1.77. The smallest absolute Gasteiger partial charge is 0.0541 e. The Morgan fingerprint density at radius 1 is 0.149 bits per heavy atom. The summed E-state index contributed by atoms with van der Waals surface area (Å²) >= 11 is 0. The predicted octanol–water partition coefficient (Wildman–Crippen LogP) is 24.4. The van der Waals surface area contributed by atoms with Crippen LogP contribution in [0.4, 0.5) is 17.1 Å². The highest BCUT2D eigenvalue weighted by Gasteiger charge is 2.24. The van der Waals surface area contributed by atoms with Gasteiger partial charge in [0.05, 0.1) is 50.2 Å². The maximum absolute atomic E-state index is 2.49. The zero-order valence-electron chi connectivity index (χ0n) is 51.4. The summed E-state index contributed by atoms with van der Waals surface area (Å²) in [5, 5.41) is 7.56. The Hall–Kier alpha value is -12.5. The van der Waals surface area contributed by atoms with Gasteiger partial charge in [0.25, 0.3) is 0 Å². The maximum Gasteiger partial charge on any atom is 0.0541 e. The van der Waals surface area contributed by atoms with Gasteiger partial charge >= 0.3 is 0 Å². The standard InChI is InChI=1S/C90H60N4/c1-10-28-82(73(19-1)67-43-37-61(38-44-67)64-49-55-70(56-50-64)91-85-31-13-4-22-76(85)77-23-5-14-32-86(77)91)94(83-29-11-2-20-74(83)68-45-39-62(40-46-68)65-51-57-71(58-52-65)92-87-33-15-6-24-78(87)79-25-7-16-34-88(79)92)84-30-12-3-21-75(84)69-47-41-63(42-48-69)66-53-59-72(60-54-66)93-89-35-17-8-26-80(89)81-27-9-18-36-90(81)93/h1-60H. The first-order valence-corrected chi connectivity index (χ1v) is 32.3. The molecule has 0 saturated heterocycles. The third-order valence-corrected chi connectivity index (χ3v) is 19.1. The minimum atomic E-state index is 1.07. The summed E-state index contributed by atoms with van der Waals surface area (Å²) in [4.78, 5) is 2.49. The van der Waals surface area contributed by atoms with Gasteiger partial charge in [-0.25, -0.2) is 0 Å². The monoisotopic (exact) mass is 1200 g/mol. The number of anilines is 3. The van der Waals surface area contributed by atoms with Gasteiger partial charge in [-0.3, -0.25) is 0 Å². The Bertz CT molecular complexity index is 5130. The van der Waals surface area contributed by atoms with E-state index in [4.69, 9.17) is 0 Å². The fourth-order valence-electron chi connectivity index (χ4n) is 14.7. The van der Waals surface area contributed by atoms with Crippen molar-refractivity contribution in [1.29, 1.82) is 0 Å². The minimum absolute atomic E-state index is 1.07. The van der Waals surface area contributed by atoms with Crippen molar-refractivity contribution in [2.45, 2.75) is 0 Å².